The second kappa shape index (κ2) is 8.87. The molecule has 2 aliphatic rings. The summed E-state index contributed by atoms with van der Waals surface area (Å²) in [6.45, 7) is 1.95. The molecule has 0 aromatic heterocycles. The fourth-order valence-electron chi connectivity index (χ4n) is 3.54. The Hall–Kier alpha value is -0.820. The number of hydrogen-bond acceptors (Lipinski definition) is 4. The fraction of sp³-hybridized carbons (Fsp3) is 0.938. The number of hydrogen-bond donors (Lipinski definition) is 2. The Kier molecular flexibility index (Phi) is 7.14. The van der Waals surface area contributed by atoms with Gasteiger partial charge in [0.1, 0.15) is 0 Å². The van der Waals surface area contributed by atoms with Crippen molar-refractivity contribution in [3.05, 3.63) is 0 Å². The first-order valence-corrected chi connectivity index (χ1v) is 10.7. The van der Waals surface area contributed by atoms with Gasteiger partial charge in [0.2, 0.25) is 0 Å². The minimum absolute atomic E-state index is 0.00360. The van der Waals surface area contributed by atoms with Crippen LogP contribution in [0.4, 0.5) is 0 Å². The van der Waals surface area contributed by atoms with Crippen molar-refractivity contribution in [3.63, 3.8) is 0 Å². The summed E-state index contributed by atoms with van der Waals surface area (Å²) in [5.41, 5.74) is 0. The first-order chi connectivity index (χ1) is 11.0. The molecule has 0 aromatic rings. The van der Waals surface area contributed by atoms with Gasteiger partial charge in [0.25, 0.3) is 0 Å². The van der Waals surface area contributed by atoms with Crippen molar-refractivity contribution in [2.75, 3.05) is 38.7 Å². The largest absolute Gasteiger partial charge is 0.356 e. The third-order valence-electron chi connectivity index (χ3n) is 4.97. The lowest BCUT2D eigenvalue weighted by molar-refractivity contribution is 0.190. The summed E-state index contributed by atoms with van der Waals surface area (Å²) in [6.07, 6.45) is 8.55. The first-order valence-electron chi connectivity index (χ1n) is 8.88. The van der Waals surface area contributed by atoms with Crippen molar-refractivity contribution in [2.45, 2.75) is 57.0 Å². The molecule has 1 saturated heterocycles. The minimum atomic E-state index is -2.85. The van der Waals surface area contributed by atoms with Crippen LogP contribution in [0, 0.1) is 0 Å². The lowest BCUT2D eigenvalue weighted by Gasteiger charge is -2.31. The zero-order valence-electron chi connectivity index (χ0n) is 14.6. The van der Waals surface area contributed by atoms with E-state index in [1.807, 2.05) is 0 Å². The van der Waals surface area contributed by atoms with Gasteiger partial charge in [-0.2, -0.15) is 0 Å². The number of nitrogens with zero attached hydrogens (tertiary/aromatic N) is 2. The first kappa shape index (κ1) is 18.5. The summed E-state index contributed by atoms with van der Waals surface area (Å²) >= 11 is 0. The van der Waals surface area contributed by atoms with Gasteiger partial charge in [0.05, 0.1) is 11.5 Å². The second-order valence-corrected chi connectivity index (χ2v) is 9.10. The molecule has 0 aromatic carbocycles. The average molecular weight is 345 g/mol. The number of rotatable bonds is 6. The smallest absolute Gasteiger partial charge is 0.191 e. The molecular formula is C16H32N4O2S. The van der Waals surface area contributed by atoms with Crippen LogP contribution < -0.4 is 10.6 Å². The van der Waals surface area contributed by atoms with Crippen LogP contribution in [0.3, 0.4) is 0 Å². The van der Waals surface area contributed by atoms with Crippen molar-refractivity contribution < 1.29 is 8.42 Å². The van der Waals surface area contributed by atoms with Crippen molar-refractivity contribution in [2.24, 2.45) is 4.99 Å². The maximum absolute atomic E-state index is 11.5. The molecule has 1 heterocycles. The number of guanidine groups is 1. The van der Waals surface area contributed by atoms with Crippen molar-refractivity contribution in [1.82, 2.24) is 15.5 Å². The van der Waals surface area contributed by atoms with E-state index in [1.54, 1.807) is 7.05 Å². The Morgan fingerprint density at radius 1 is 1.22 bits per heavy atom. The highest BCUT2D eigenvalue weighted by molar-refractivity contribution is 7.91. The average Bonchev–Trinajstić information content (AvgIpc) is 2.89. The van der Waals surface area contributed by atoms with E-state index in [0.717, 1.165) is 25.6 Å². The Labute approximate surface area is 141 Å². The maximum atomic E-state index is 11.5. The van der Waals surface area contributed by atoms with E-state index in [4.69, 9.17) is 0 Å². The van der Waals surface area contributed by atoms with E-state index in [1.165, 1.54) is 32.1 Å². The third kappa shape index (κ3) is 6.30. The Morgan fingerprint density at radius 2 is 1.96 bits per heavy atom. The normalized spacial score (nSPS) is 25.7. The number of sulfone groups is 1. The number of aliphatic imine (C=N–C) groups is 1. The molecule has 0 amide bonds. The maximum Gasteiger partial charge on any atom is 0.191 e. The van der Waals surface area contributed by atoms with Crippen molar-refractivity contribution in [1.29, 1.82) is 0 Å². The van der Waals surface area contributed by atoms with Gasteiger partial charge in [-0.1, -0.05) is 19.3 Å². The highest BCUT2D eigenvalue weighted by atomic mass is 32.2. The highest BCUT2D eigenvalue weighted by Gasteiger charge is 2.28. The molecule has 2 rings (SSSR count). The molecule has 2 fully saturated rings. The fourth-order valence-corrected chi connectivity index (χ4v) is 5.21. The summed E-state index contributed by atoms with van der Waals surface area (Å²) in [6, 6.07) is 0.751. The highest BCUT2D eigenvalue weighted by Crippen LogP contribution is 2.21. The Balaban J connectivity index is 1.62. The summed E-state index contributed by atoms with van der Waals surface area (Å²) in [7, 11) is 1.11. The number of nitrogens with one attached hydrogen (secondary N) is 2. The zero-order valence-corrected chi connectivity index (χ0v) is 15.4. The molecule has 1 saturated carbocycles. The van der Waals surface area contributed by atoms with Gasteiger partial charge in [-0.15, -0.1) is 0 Å². The van der Waals surface area contributed by atoms with E-state index in [9.17, 15) is 8.42 Å². The molecule has 1 aliphatic heterocycles. The van der Waals surface area contributed by atoms with Gasteiger partial charge in [0, 0.05) is 25.7 Å². The van der Waals surface area contributed by atoms with Gasteiger partial charge in [-0.25, -0.2) is 8.42 Å². The van der Waals surface area contributed by atoms with Crippen molar-refractivity contribution in [3.8, 4) is 0 Å². The molecule has 1 atom stereocenters. The predicted octanol–water partition coefficient (Wildman–Crippen LogP) is 0.993. The van der Waals surface area contributed by atoms with Crippen LogP contribution in [-0.4, -0.2) is 70.1 Å². The van der Waals surface area contributed by atoms with Gasteiger partial charge < -0.3 is 15.5 Å². The van der Waals surface area contributed by atoms with Crippen LogP contribution >= 0.6 is 0 Å². The van der Waals surface area contributed by atoms with E-state index < -0.39 is 9.84 Å². The quantitative estimate of drug-likeness (QED) is 0.427. The molecule has 1 aliphatic carbocycles. The summed E-state index contributed by atoms with van der Waals surface area (Å²) in [5, 5.41) is 6.52. The van der Waals surface area contributed by atoms with Crippen molar-refractivity contribution >= 4 is 15.8 Å². The Morgan fingerprint density at radius 3 is 2.57 bits per heavy atom. The van der Waals surface area contributed by atoms with E-state index in [2.05, 4.69) is 27.6 Å². The van der Waals surface area contributed by atoms with Crippen LogP contribution in [0.25, 0.3) is 0 Å². The molecule has 6 nitrogen and oxygen atoms in total. The van der Waals surface area contributed by atoms with Crippen LogP contribution in [-0.2, 0) is 9.84 Å². The molecule has 7 heteroatoms. The van der Waals surface area contributed by atoms with Gasteiger partial charge >= 0.3 is 0 Å². The molecular weight excluding hydrogens is 312 g/mol. The second-order valence-electron chi connectivity index (χ2n) is 6.87. The summed E-state index contributed by atoms with van der Waals surface area (Å²) in [4.78, 5) is 6.68. The molecule has 0 spiro atoms. The van der Waals surface area contributed by atoms with Gasteiger partial charge in [0.15, 0.2) is 15.8 Å². The van der Waals surface area contributed by atoms with Gasteiger partial charge in [-0.3, -0.25) is 4.99 Å². The van der Waals surface area contributed by atoms with E-state index in [-0.39, 0.29) is 17.5 Å². The van der Waals surface area contributed by atoms with Crippen LogP contribution in [0.2, 0.25) is 0 Å². The van der Waals surface area contributed by atoms with E-state index >= 15 is 0 Å². The Bertz CT molecular complexity index is 486. The molecule has 0 bridgehead atoms. The molecule has 134 valence electrons. The minimum Gasteiger partial charge on any atom is -0.356 e. The summed E-state index contributed by atoms with van der Waals surface area (Å²) in [5.74, 6) is 1.22. The predicted molar refractivity (Wildman–Crippen MR) is 95.7 cm³/mol. The van der Waals surface area contributed by atoms with Crippen LogP contribution in [0.5, 0.6) is 0 Å². The molecule has 23 heavy (non-hydrogen) atoms. The standard InChI is InChI=1S/C16H32N4O2S/c1-17-16(19-14-9-12-23(21,22)13-14)18-10-6-11-20(2)15-7-4-3-5-8-15/h14-15H,3-13H2,1-2H3,(H2,17,18,19). The lowest BCUT2D eigenvalue weighted by atomic mass is 9.94. The van der Waals surface area contributed by atoms with Crippen LogP contribution in [0.15, 0.2) is 4.99 Å². The SMILES string of the molecule is CN=C(NCCCN(C)C1CCCCC1)NC1CCS(=O)(=O)C1. The monoisotopic (exact) mass is 344 g/mol. The zero-order chi connectivity index (χ0) is 16.7. The van der Waals surface area contributed by atoms with E-state index in [0.29, 0.717) is 12.4 Å². The molecule has 1 unspecified atom stereocenters. The lowest BCUT2D eigenvalue weighted by Crippen LogP contribution is -2.44. The van der Waals surface area contributed by atoms with Crippen LogP contribution in [0.1, 0.15) is 44.9 Å². The van der Waals surface area contributed by atoms with Gasteiger partial charge in [-0.05, 0) is 39.3 Å². The molecule has 2 N–H and O–H groups in total. The summed E-state index contributed by atoms with van der Waals surface area (Å²) < 4.78 is 23.0. The molecule has 0 radical (unpaired) electrons. The third-order valence-corrected chi connectivity index (χ3v) is 6.74. The topological polar surface area (TPSA) is 73.8 Å².